The van der Waals surface area contributed by atoms with Crippen molar-refractivity contribution in [3.8, 4) is 11.3 Å². The number of rotatable bonds is 6. The number of aryl methyl sites for hydroxylation is 1. The maximum absolute atomic E-state index is 9.02. The first-order valence-electron chi connectivity index (χ1n) is 7.88. The van der Waals surface area contributed by atoms with Crippen LogP contribution in [-0.4, -0.2) is 28.2 Å². The largest absolute Gasteiger partial charge is 0.395 e. The smallest absolute Gasteiger partial charge is 0.225 e. The van der Waals surface area contributed by atoms with E-state index in [4.69, 9.17) is 5.11 Å². The predicted molar refractivity (Wildman–Crippen MR) is 97.5 cm³/mol. The molecule has 1 heterocycles. The summed E-state index contributed by atoms with van der Waals surface area (Å²) < 4.78 is 0. The lowest BCUT2D eigenvalue weighted by atomic mass is 10.1. The van der Waals surface area contributed by atoms with Crippen molar-refractivity contribution < 1.29 is 5.11 Å². The van der Waals surface area contributed by atoms with Gasteiger partial charge in [-0.2, -0.15) is 4.98 Å². The molecular formula is C19H20N4O. The summed E-state index contributed by atoms with van der Waals surface area (Å²) in [6.07, 6.45) is 0. The van der Waals surface area contributed by atoms with Crippen LogP contribution in [0.1, 0.15) is 5.56 Å². The molecule has 0 aliphatic rings. The molecule has 24 heavy (non-hydrogen) atoms. The maximum Gasteiger partial charge on any atom is 0.225 e. The molecule has 0 radical (unpaired) electrons. The monoisotopic (exact) mass is 320 g/mol. The highest BCUT2D eigenvalue weighted by atomic mass is 16.3. The summed E-state index contributed by atoms with van der Waals surface area (Å²) in [4.78, 5) is 9.02. The fourth-order valence-electron chi connectivity index (χ4n) is 2.37. The van der Waals surface area contributed by atoms with Gasteiger partial charge in [0.2, 0.25) is 5.95 Å². The zero-order chi connectivity index (χ0) is 16.8. The van der Waals surface area contributed by atoms with Crippen molar-refractivity contribution in [2.75, 3.05) is 23.8 Å². The number of nitrogens with one attached hydrogen (secondary N) is 2. The van der Waals surface area contributed by atoms with Gasteiger partial charge in [-0.05, 0) is 18.6 Å². The van der Waals surface area contributed by atoms with Crippen LogP contribution in [0.5, 0.6) is 0 Å². The Labute approximate surface area is 141 Å². The van der Waals surface area contributed by atoms with E-state index in [9.17, 15) is 0 Å². The molecule has 3 rings (SSSR count). The average molecular weight is 320 g/mol. The van der Waals surface area contributed by atoms with Gasteiger partial charge in [-0.25, -0.2) is 4.98 Å². The minimum absolute atomic E-state index is 0.0273. The van der Waals surface area contributed by atoms with Crippen molar-refractivity contribution in [1.82, 2.24) is 9.97 Å². The molecule has 122 valence electrons. The van der Waals surface area contributed by atoms with E-state index in [0.29, 0.717) is 18.3 Å². The van der Waals surface area contributed by atoms with Crippen LogP contribution in [0.15, 0.2) is 60.7 Å². The second kappa shape index (κ2) is 7.57. The Hall–Kier alpha value is -2.92. The molecule has 0 aliphatic carbocycles. The zero-order valence-corrected chi connectivity index (χ0v) is 13.5. The molecule has 2 aromatic carbocycles. The Morgan fingerprint density at radius 3 is 2.46 bits per heavy atom. The fourth-order valence-corrected chi connectivity index (χ4v) is 2.37. The lowest BCUT2D eigenvalue weighted by Crippen LogP contribution is -2.10. The van der Waals surface area contributed by atoms with Crippen LogP contribution in [0.3, 0.4) is 0 Å². The molecule has 5 nitrogen and oxygen atoms in total. The van der Waals surface area contributed by atoms with Crippen molar-refractivity contribution in [1.29, 1.82) is 0 Å². The molecular weight excluding hydrogens is 300 g/mol. The van der Waals surface area contributed by atoms with Crippen molar-refractivity contribution in [3.05, 3.63) is 66.2 Å². The standard InChI is InChI=1S/C19H20N4O/c1-14-7-5-6-10-16(14)21-18-13-17(15-8-3-2-4-9-15)22-19(23-18)20-11-12-24/h2-10,13,24H,11-12H2,1H3,(H2,20,21,22,23). The van der Waals surface area contributed by atoms with Gasteiger partial charge in [-0.1, -0.05) is 48.5 Å². The highest BCUT2D eigenvalue weighted by molar-refractivity contribution is 5.68. The number of nitrogens with zero attached hydrogens (tertiary/aromatic N) is 2. The molecule has 0 saturated carbocycles. The Morgan fingerprint density at radius 1 is 0.958 bits per heavy atom. The van der Waals surface area contributed by atoms with Gasteiger partial charge in [0.05, 0.1) is 12.3 Å². The van der Waals surface area contributed by atoms with E-state index in [2.05, 4.69) is 20.6 Å². The Kier molecular flexibility index (Phi) is 5.03. The van der Waals surface area contributed by atoms with Gasteiger partial charge in [-0.15, -0.1) is 0 Å². The topological polar surface area (TPSA) is 70.1 Å². The van der Waals surface area contributed by atoms with E-state index in [1.54, 1.807) is 0 Å². The molecule has 0 bridgehead atoms. The van der Waals surface area contributed by atoms with Gasteiger partial charge in [0.1, 0.15) is 5.82 Å². The third-order valence-electron chi connectivity index (χ3n) is 3.60. The molecule has 1 aromatic heterocycles. The summed E-state index contributed by atoms with van der Waals surface area (Å²) in [5, 5.41) is 15.4. The maximum atomic E-state index is 9.02. The fraction of sp³-hybridized carbons (Fsp3) is 0.158. The highest BCUT2D eigenvalue weighted by Gasteiger charge is 2.07. The summed E-state index contributed by atoms with van der Waals surface area (Å²) in [6, 6.07) is 19.9. The molecule has 0 saturated heterocycles. The first-order chi connectivity index (χ1) is 11.8. The van der Waals surface area contributed by atoms with Gasteiger partial charge in [0, 0.05) is 23.9 Å². The van der Waals surface area contributed by atoms with Crippen LogP contribution in [0.4, 0.5) is 17.5 Å². The predicted octanol–water partition coefficient (Wildman–Crippen LogP) is 3.60. The minimum Gasteiger partial charge on any atom is -0.395 e. The quantitative estimate of drug-likeness (QED) is 0.647. The molecule has 5 heteroatoms. The van der Waals surface area contributed by atoms with Gasteiger partial charge < -0.3 is 15.7 Å². The van der Waals surface area contributed by atoms with E-state index in [-0.39, 0.29) is 6.61 Å². The number of hydrogen-bond acceptors (Lipinski definition) is 5. The third kappa shape index (κ3) is 3.88. The molecule has 0 unspecified atom stereocenters. The lowest BCUT2D eigenvalue weighted by Gasteiger charge is -2.12. The summed E-state index contributed by atoms with van der Waals surface area (Å²) >= 11 is 0. The van der Waals surface area contributed by atoms with E-state index >= 15 is 0 Å². The second-order valence-electron chi connectivity index (χ2n) is 5.42. The highest BCUT2D eigenvalue weighted by Crippen LogP contribution is 2.24. The van der Waals surface area contributed by atoms with Crippen LogP contribution in [0.25, 0.3) is 11.3 Å². The van der Waals surface area contributed by atoms with E-state index < -0.39 is 0 Å². The Bertz CT molecular complexity index is 805. The zero-order valence-electron chi connectivity index (χ0n) is 13.5. The first-order valence-corrected chi connectivity index (χ1v) is 7.88. The molecule has 0 amide bonds. The Balaban J connectivity index is 1.97. The summed E-state index contributed by atoms with van der Waals surface area (Å²) in [7, 11) is 0. The number of aromatic nitrogens is 2. The normalized spacial score (nSPS) is 10.4. The number of anilines is 3. The van der Waals surface area contributed by atoms with Gasteiger partial charge in [-0.3, -0.25) is 0 Å². The molecule has 0 fully saturated rings. The summed E-state index contributed by atoms with van der Waals surface area (Å²) in [6.45, 7) is 2.48. The van der Waals surface area contributed by atoms with Crippen LogP contribution < -0.4 is 10.6 Å². The second-order valence-corrected chi connectivity index (χ2v) is 5.42. The van der Waals surface area contributed by atoms with Crippen molar-refractivity contribution in [2.45, 2.75) is 6.92 Å². The number of hydrogen-bond donors (Lipinski definition) is 3. The summed E-state index contributed by atoms with van der Waals surface area (Å²) in [5.74, 6) is 1.19. The third-order valence-corrected chi connectivity index (χ3v) is 3.60. The number of aliphatic hydroxyl groups is 1. The SMILES string of the molecule is Cc1ccccc1Nc1cc(-c2ccccc2)nc(NCCO)n1. The van der Waals surface area contributed by atoms with Crippen molar-refractivity contribution >= 4 is 17.5 Å². The number of benzene rings is 2. The first kappa shape index (κ1) is 16.0. The Morgan fingerprint density at radius 2 is 1.71 bits per heavy atom. The van der Waals surface area contributed by atoms with Crippen LogP contribution in [-0.2, 0) is 0 Å². The van der Waals surface area contributed by atoms with E-state index in [0.717, 1.165) is 22.5 Å². The van der Waals surface area contributed by atoms with Crippen molar-refractivity contribution in [2.24, 2.45) is 0 Å². The molecule has 3 aromatic rings. The average Bonchev–Trinajstić information content (AvgIpc) is 2.62. The van der Waals surface area contributed by atoms with E-state index in [1.165, 1.54) is 0 Å². The number of para-hydroxylation sites is 1. The van der Waals surface area contributed by atoms with Gasteiger partial charge in [0.25, 0.3) is 0 Å². The van der Waals surface area contributed by atoms with Crippen LogP contribution in [0.2, 0.25) is 0 Å². The number of aliphatic hydroxyl groups excluding tert-OH is 1. The van der Waals surface area contributed by atoms with Gasteiger partial charge >= 0.3 is 0 Å². The van der Waals surface area contributed by atoms with Crippen molar-refractivity contribution in [3.63, 3.8) is 0 Å². The summed E-state index contributed by atoms with van der Waals surface area (Å²) in [5.41, 5.74) is 3.98. The lowest BCUT2D eigenvalue weighted by molar-refractivity contribution is 0.311. The van der Waals surface area contributed by atoms with Gasteiger partial charge in [0.15, 0.2) is 0 Å². The molecule has 0 aliphatic heterocycles. The van der Waals surface area contributed by atoms with Crippen LogP contribution >= 0.6 is 0 Å². The molecule has 0 spiro atoms. The molecule has 0 atom stereocenters. The van der Waals surface area contributed by atoms with E-state index in [1.807, 2.05) is 67.6 Å². The minimum atomic E-state index is 0.0273. The molecule has 3 N–H and O–H groups in total. The van der Waals surface area contributed by atoms with Crippen LogP contribution in [0, 0.1) is 6.92 Å².